The first-order chi connectivity index (χ1) is 10.1. The molecule has 1 aromatic carbocycles. The molecule has 1 aromatic heterocycles. The number of pyridine rings is 1. The predicted octanol–water partition coefficient (Wildman–Crippen LogP) is 2.85. The second kappa shape index (κ2) is 6.81. The molecule has 1 unspecified atom stereocenters. The molecule has 6 heteroatoms. The van der Waals surface area contributed by atoms with Gasteiger partial charge in [0, 0.05) is 31.0 Å². The molecule has 0 saturated carbocycles. The molecule has 0 radical (unpaired) electrons. The number of nitro benzene ring substituents is 1. The lowest BCUT2D eigenvalue weighted by Crippen LogP contribution is -2.18. The lowest BCUT2D eigenvalue weighted by molar-refractivity contribution is -0.385. The van der Waals surface area contributed by atoms with E-state index in [9.17, 15) is 10.1 Å². The molecule has 0 aliphatic rings. The van der Waals surface area contributed by atoms with Crippen LogP contribution >= 0.6 is 0 Å². The fraction of sp³-hybridized carbons (Fsp3) is 0.267. The molecular weight excluding hydrogens is 270 g/mol. The SMILES string of the molecule is COc1cc(CNC(C)c2ccncc2)cc([N+](=O)[O-])c1. The predicted molar refractivity (Wildman–Crippen MR) is 79.1 cm³/mol. The van der Waals surface area contributed by atoms with Gasteiger partial charge in [-0.25, -0.2) is 0 Å². The zero-order valence-corrected chi connectivity index (χ0v) is 11.9. The topological polar surface area (TPSA) is 77.3 Å². The van der Waals surface area contributed by atoms with Crippen LogP contribution in [0.4, 0.5) is 5.69 Å². The fourth-order valence-corrected chi connectivity index (χ4v) is 2.01. The molecule has 1 N–H and O–H groups in total. The first-order valence-electron chi connectivity index (χ1n) is 6.56. The molecule has 0 fully saturated rings. The summed E-state index contributed by atoms with van der Waals surface area (Å²) in [6.45, 7) is 2.55. The highest BCUT2D eigenvalue weighted by Gasteiger charge is 2.11. The van der Waals surface area contributed by atoms with E-state index in [1.807, 2.05) is 19.1 Å². The minimum atomic E-state index is -0.418. The molecule has 21 heavy (non-hydrogen) atoms. The Balaban J connectivity index is 2.09. The third-order valence-electron chi connectivity index (χ3n) is 3.22. The fourth-order valence-electron chi connectivity index (χ4n) is 2.01. The lowest BCUT2D eigenvalue weighted by atomic mass is 10.1. The monoisotopic (exact) mass is 287 g/mol. The van der Waals surface area contributed by atoms with E-state index in [0.29, 0.717) is 12.3 Å². The molecule has 2 aromatic rings. The third kappa shape index (κ3) is 4.00. The zero-order valence-electron chi connectivity index (χ0n) is 11.9. The van der Waals surface area contributed by atoms with Crippen LogP contribution in [0, 0.1) is 10.1 Å². The lowest BCUT2D eigenvalue weighted by Gasteiger charge is -2.14. The maximum absolute atomic E-state index is 10.9. The number of aromatic nitrogens is 1. The van der Waals surface area contributed by atoms with Crippen molar-refractivity contribution in [3.05, 3.63) is 64.0 Å². The van der Waals surface area contributed by atoms with Crippen LogP contribution in [0.15, 0.2) is 42.7 Å². The van der Waals surface area contributed by atoms with Crippen molar-refractivity contribution >= 4 is 5.69 Å². The van der Waals surface area contributed by atoms with Crippen LogP contribution in [0.2, 0.25) is 0 Å². The minimum absolute atomic E-state index is 0.0303. The summed E-state index contributed by atoms with van der Waals surface area (Å²) in [7, 11) is 1.50. The van der Waals surface area contributed by atoms with Crippen LogP contribution in [-0.4, -0.2) is 17.0 Å². The number of hydrogen-bond donors (Lipinski definition) is 1. The highest BCUT2D eigenvalue weighted by atomic mass is 16.6. The van der Waals surface area contributed by atoms with Crippen molar-refractivity contribution in [2.45, 2.75) is 19.5 Å². The van der Waals surface area contributed by atoms with Gasteiger partial charge in [-0.3, -0.25) is 15.1 Å². The number of hydrogen-bond acceptors (Lipinski definition) is 5. The first-order valence-corrected chi connectivity index (χ1v) is 6.56. The maximum atomic E-state index is 10.9. The van der Waals surface area contributed by atoms with Crippen molar-refractivity contribution in [1.82, 2.24) is 10.3 Å². The van der Waals surface area contributed by atoms with Gasteiger partial charge in [0.05, 0.1) is 18.1 Å². The number of nitro groups is 1. The molecule has 110 valence electrons. The van der Waals surface area contributed by atoms with Crippen LogP contribution in [-0.2, 0) is 6.54 Å². The molecule has 0 aliphatic carbocycles. The summed E-state index contributed by atoms with van der Waals surface area (Å²) in [5.74, 6) is 0.484. The average molecular weight is 287 g/mol. The number of rotatable bonds is 6. The zero-order chi connectivity index (χ0) is 15.2. The van der Waals surface area contributed by atoms with Gasteiger partial charge in [0.1, 0.15) is 5.75 Å². The summed E-state index contributed by atoms with van der Waals surface area (Å²) >= 11 is 0. The summed E-state index contributed by atoms with van der Waals surface area (Å²) < 4.78 is 5.10. The summed E-state index contributed by atoms with van der Waals surface area (Å²) in [4.78, 5) is 14.5. The van der Waals surface area contributed by atoms with Crippen LogP contribution in [0.1, 0.15) is 24.1 Å². The van der Waals surface area contributed by atoms with E-state index in [4.69, 9.17) is 4.74 Å². The van der Waals surface area contributed by atoms with Crippen LogP contribution < -0.4 is 10.1 Å². The number of methoxy groups -OCH3 is 1. The Morgan fingerprint density at radius 3 is 2.67 bits per heavy atom. The largest absolute Gasteiger partial charge is 0.496 e. The highest BCUT2D eigenvalue weighted by Crippen LogP contribution is 2.23. The van der Waals surface area contributed by atoms with Gasteiger partial charge in [0.25, 0.3) is 5.69 Å². The molecule has 2 rings (SSSR count). The molecule has 0 saturated heterocycles. The number of ether oxygens (including phenoxy) is 1. The van der Waals surface area contributed by atoms with Gasteiger partial charge in [-0.2, -0.15) is 0 Å². The Morgan fingerprint density at radius 1 is 1.33 bits per heavy atom. The van der Waals surface area contributed by atoms with Gasteiger partial charge in [0.15, 0.2) is 0 Å². The highest BCUT2D eigenvalue weighted by molar-refractivity contribution is 5.42. The molecule has 0 spiro atoms. The van der Waals surface area contributed by atoms with Gasteiger partial charge < -0.3 is 10.1 Å². The summed E-state index contributed by atoms with van der Waals surface area (Å²) in [5, 5.41) is 14.2. The average Bonchev–Trinajstić information content (AvgIpc) is 2.53. The van der Waals surface area contributed by atoms with Crippen molar-refractivity contribution in [3.63, 3.8) is 0 Å². The van der Waals surface area contributed by atoms with Crippen molar-refractivity contribution < 1.29 is 9.66 Å². The van der Waals surface area contributed by atoms with Crippen molar-refractivity contribution in [1.29, 1.82) is 0 Å². The normalized spacial score (nSPS) is 11.9. The molecule has 1 atom stereocenters. The Bertz CT molecular complexity index is 617. The van der Waals surface area contributed by atoms with Crippen LogP contribution in [0.3, 0.4) is 0 Å². The van der Waals surface area contributed by atoms with E-state index in [1.165, 1.54) is 13.2 Å². The summed E-state index contributed by atoms with van der Waals surface area (Å²) in [6, 6.07) is 8.75. The van der Waals surface area contributed by atoms with Gasteiger partial charge in [-0.15, -0.1) is 0 Å². The third-order valence-corrected chi connectivity index (χ3v) is 3.22. The molecular formula is C15H17N3O3. The van der Waals surface area contributed by atoms with Gasteiger partial charge in [-0.1, -0.05) is 0 Å². The Hall–Kier alpha value is -2.47. The first kappa shape index (κ1) is 14.9. The molecule has 0 bridgehead atoms. The molecule has 1 heterocycles. The Morgan fingerprint density at radius 2 is 2.05 bits per heavy atom. The standard InChI is InChI=1S/C15H17N3O3/c1-11(13-3-5-16-6-4-13)17-10-12-7-14(18(19)20)9-15(8-12)21-2/h3-9,11,17H,10H2,1-2H3. The maximum Gasteiger partial charge on any atom is 0.273 e. The van der Waals surface area contributed by atoms with E-state index in [2.05, 4.69) is 10.3 Å². The van der Waals surface area contributed by atoms with Crippen LogP contribution in [0.25, 0.3) is 0 Å². The minimum Gasteiger partial charge on any atom is -0.496 e. The van der Waals surface area contributed by atoms with Crippen molar-refractivity contribution in [2.24, 2.45) is 0 Å². The van der Waals surface area contributed by atoms with E-state index in [0.717, 1.165) is 11.1 Å². The number of benzene rings is 1. The second-order valence-electron chi connectivity index (χ2n) is 4.68. The smallest absolute Gasteiger partial charge is 0.273 e. The van der Waals surface area contributed by atoms with Gasteiger partial charge >= 0.3 is 0 Å². The Kier molecular flexibility index (Phi) is 4.84. The molecule has 0 aliphatic heterocycles. The number of nitrogens with one attached hydrogen (secondary N) is 1. The van der Waals surface area contributed by atoms with Crippen molar-refractivity contribution in [3.8, 4) is 5.75 Å². The van der Waals surface area contributed by atoms with Gasteiger partial charge in [0.2, 0.25) is 0 Å². The molecule has 0 amide bonds. The second-order valence-corrected chi connectivity index (χ2v) is 4.68. The summed E-state index contributed by atoms with van der Waals surface area (Å²) in [6.07, 6.45) is 3.48. The van der Waals surface area contributed by atoms with E-state index >= 15 is 0 Å². The number of nitrogens with zero attached hydrogens (tertiary/aromatic N) is 2. The van der Waals surface area contributed by atoms with E-state index in [1.54, 1.807) is 24.5 Å². The summed E-state index contributed by atoms with van der Waals surface area (Å²) in [5.41, 5.74) is 1.95. The number of non-ortho nitro benzene ring substituents is 1. The van der Waals surface area contributed by atoms with Gasteiger partial charge in [-0.05, 0) is 36.2 Å². The Labute approximate surface area is 122 Å². The van der Waals surface area contributed by atoms with Crippen molar-refractivity contribution in [2.75, 3.05) is 7.11 Å². The van der Waals surface area contributed by atoms with E-state index in [-0.39, 0.29) is 11.7 Å². The van der Waals surface area contributed by atoms with Crippen LogP contribution in [0.5, 0.6) is 5.75 Å². The quantitative estimate of drug-likeness (QED) is 0.653. The molecule has 6 nitrogen and oxygen atoms in total. The van der Waals surface area contributed by atoms with E-state index < -0.39 is 4.92 Å².